The SMILES string of the molecule is C[N+](C)(CCCNCC(=O)O)CCCNc1cccc2c1C(=O)c1ccccc1C2=O. The first kappa shape index (κ1) is 22.7. The van der Waals surface area contributed by atoms with E-state index in [-0.39, 0.29) is 18.1 Å². The molecule has 0 aromatic heterocycles. The largest absolute Gasteiger partial charge is 0.480 e. The zero-order valence-corrected chi connectivity index (χ0v) is 18.1. The molecule has 0 saturated carbocycles. The van der Waals surface area contributed by atoms with Crippen LogP contribution >= 0.6 is 0 Å². The van der Waals surface area contributed by atoms with Gasteiger partial charge in [0.1, 0.15) is 0 Å². The van der Waals surface area contributed by atoms with Gasteiger partial charge in [-0.2, -0.15) is 0 Å². The van der Waals surface area contributed by atoms with Crippen molar-refractivity contribution in [3.05, 3.63) is 64.7 Å². The number of carbonyl (C=O) groups is 3. The van der Waals surface area contributed by atoms with Crippen LogP contribution < -0.4 is 10.6 Å². The predicted molar refractivity (Wildman–Crippen MR) is 120 cm³/mol. The van der Waals surface area contributed by atoms with Gasteiger partial charge in [0, 0.05) is 48.3 Å². The molecular weight excluding hydrogens is 394 g/mol. The lowest BCUT2D eigenvalue weighted by Crippen LogP contribution is -2.43. The Morgan fingerprint density at radius 1 is 0.871 bits per heavy atom. The summed E-state index contributed by atoms with van der Waals surface area (Å²) in [4.78, 5) is 36.4. The molecule has 0 spiro atoms. The molecule has 2 aromatic carbocycles. The molecule has 7 heteroatoms. The van der Waals surface area contributed by atoms with E-state index < -0.39 is 5.97 Å². The fraction of sp³-hybridized carbons (Fsp3) is 0.375. The quantitative estimate of drug-likeness (QED) is 0.323. The van der Waals surface area contributed by atoms with Gasteiger partial charge in [-0.15, -0.1) is 0 Å². The number of carbonyl (C=O) groups excluding carboxylic acids is 2. The van der Waals surface area contributed by atoms with Crippen LogP contribution in [0, 0.1) is 0 Å². The Labute approximate surface area is 182 Å². The lowest BCUT2D eigenvalue weighted by molar-refractivity contribution is -0.890. The first-order valence-electron chi connectivity index (χ1n) is 10.6. The normalized spacial score (nSPS) is 13.0. The number of anilines is 1. The number of ketones is 2. The molecule has 0 unspecified atom stereocenters. The second kappa shape index (κ2) is 9.85. The number of aliphatic carboxylic acids is 1. The minimum atomic E-state index is -0.841. The number of nitrogens with one attached hydrogen (secondary N) is 2. The molecule has 0 saturated heterocycles. The van der Waals surface area contributed by atoms with Crippen LogP contribution in [0.25, 0.3) is 0 Å². The summed E-state index contributed by atoms with van der Waals surface area (Å²) in [7, 11) is 4.31. The highest BCUT2D eigenvalue weighted by Gasteiger charge is 2.31. The van der Waals surface area contributed by atoms with Crippen LogP contribution in [0.1, 0.15) is 44.7 Å². The van der Waals surface area contributed by atoms with Gasteiger partial charge in [0.2, 0.25) is 0 Å². The maximum atomic E-state index is 13.0. The third-order valence-corrected chi connectivity index (χ3v) is 5.60. The number of benzene rings is 2. The Balaban J connectivity index is 1.55. The Kier molecular flexibility index (Phi) is 7.20. The minimum Gasteiger partial charge on any atom is -0.480 e. The summed E-state index contributed by atoms with van der Waals surface area (Å²) < 4.78 is 0.828. The van der Waals surface area contributed by atoms with Crippen molar-refractivity contribution in [2.45, 2.75) is 12.8 Å². The van der Waals surface area contributed by atoms with Crippen LogP contribution in [0.4, 0.5) is 5.69 Å². The summed E-state index contributed by atoms with van der Waals surface area (Å²) in [5.41, 5.74) is 2.55. The van der Waals surface area contributed by atoms with Gasteiger partial charge in [-0.25, -0.2) is 0 Å². The second-order valence-electron chi connectivity index (χ2n) is 8.52. The Hall–Kier alpha value is -3.03. The molecule has 31 heavy (non-hydrogen) atoms. The number of hydrogen-bond donors (Lipinski definition) is 3. The summed E-state index contributed by atoms with van der Waals surface area (Å²) in [6.07, 6.45) is 1.80. The van der Waals surface area contributed by atoms with Crippen molar-refractivity contribution in [2.24, 2.45) is 0 Å². The summed E-state index contributed by atoms with van der Waals surface area (Å²) in [5, 5.41) is 14.9. The van der Waals surface area contributed by atoms with Crippen molar-refractivity contribution in [1.29, 1.82) is 0 Å². The topological polar surface area (TPSA) is 95.5 Å². The van der Waals surface area contributed by atoms with Crippen molar-refractivity contribution in [1.82, 2.24) is 5.32 Å². The Bertz CT molecular complexity index is 985. The molecule has 0 aliphatic heterocycles. The minimum absolute atomic E-state index is 0.00948. The van der Waals surface area contributed by atoms with Gasteiger partial charge < -0.3 is 20.2 Å². The molecule has 0 fully saturated rings. The van der Waals surface area contributed by atoms with Gasteiger partial charge in [0.25, 0.3) is 0 Å². The fourth-order valence-electron chi connectivity index (χ4n) is 3.96. The molecule has 3 rings (SSSR count). The monoisotopic (exact) mass is 424 g/mol. The number of nitrogens with zero attached hydrogens (tertiary/aromatic N) is 1. The van der Waals surface area contributed by atoms with E-state index in [4.69, 9.17) is 5.11 Å². The molecule has 2 aromatic rings. The highest BCUT2D eigenvalue weighted by atomic mass is 16.4. The van der Waals surface area contributed by atoms with Gasteiger partial charge >= 0.3 is 5.97 Å². The predicted octanol–water partition coefficient (Wildman–Crippen LogP) is 2.40. The van der Waals surface area contributed by atoms with Gasteiger partial charge in [-0.1, -0.05) is 36.4 Å². The number of quaternary nitrogens is 1. The van der Waals surface area contributed by atoms with E-state index >= 15 is 0 Å². The summed E-state index contributed by atoms with van der Waals surface area (Å²) in [5.74, 6) is -1.06. The van der Waals surface area contributed by atoms with Crippen LogP contribution in [-0.4, -0.2) is 73.9 Å². The van der Waals surface area contributed by atoms with Crippen molar-refractivity contribution in [3.8, 4) is 0 Å². The maximum absolute atomic E-state index is 13.0. The number of fused-ring (bicyclic) bond motifs is 2. The molecule has 1 aliphatic carbocycles. The van der Waals surface area contributed by atoms with Crippen molar-refractivity contribution in [2.75, 3.05) is 52.1 Å². The Morgan fingerprint density at radius 2 is 1.48 bits per heavy atom. The van der Waals surface area contributed by atoms with Crippen molar-refractivity contribution >= 4 is 23.2 Å². The highest BCUT2D eigenvalue weighted by Crippen LogP contribution is 2.31. The van der Waals surface area contributed by atoms with Crippen LogP contribution in [-0.2, 0) is 4.79 Å². The summed E-state index contributed by atoms with van der Waals surface area (Å²) in [6, 6.07) is 12.4. The number of rotatable bonds is 11. The van der Waals surface area contributed by atoms with E-state index in [2.05, 4.69) is 24.7 Å². The molecular formula is C24H30N3O4+. The molecule has 1 aliphatic rings. The zero-order valence-electron chi connectivity index (χ0n) is 18.1. The molecule has 0 atom stereocenters. The molecule has 0 amide bonds. The zero-order chi connectivity index (χ0) is 22.4. The van der Waals surface area contributed by atoms with Gasteiger partial charge in [0.05, 0.1) is 39.3 Å². The van der Waals surface area contributed by atoms with E-state index in [0.29, 0.717) is 41.0 Å². The highest BCUT2D eigenvalue weighted by molar-refractivity contribution is 6.30. The van der Waals surface area contributed by atoms with Crippen molar-refractivity contribution < 1.29 is 24.0 Å². The fourth-order valence-corrected chi connectivity index (χ4v) is 3.96. The third-order valence-electron chi connectivity index (χ3n) is 5.60. The maximum Gasteiger partial charge on any atom is 0.317 e. The Morgan fingerprint density at radius 3 is 2.16 bits per heavy atom. The van der Waals surface area contributed by atoms with Crippen LogP contribution in [0.15, 0.2) is 42.5 Å². The smallest absolute Gasteiger partial charge is 0.317 e. The lowest BCUT2D eigenvalue weighted by atomic mass is 9.83. The van der Waals surface area contributed by atoms with E-state index in [1.807, 2.05) is 12.1 Å². The first-order valence-corrected chi connectivity index (χ1v) is 10.6. The molecule has 164 valence electrons. The third kappa shape index (κ3) is 5.57. The molecule has 3 N–H and O–H groups in total. The number of hydrogen-bond acceptors (Lipinski definition) is 5. The van der Waals surface area contributed by atoms with Gasteiger partial charge in [-0.05, 0) is 6.07 Å². The van der Waals surface area contributed by atoms with E-state index in [1.165, 1.54) is 0 Å². The first-order chi connectivity index (χ1) is 14.8. The van der Waals surface area contributed by atoms with E-state index in [9.17, 15) is 14.4 Å². The number of carboxylic acid groups (broad SMARTS) is 1. The van der Waals surface area contributed by atoms with Crippen molar-refractivity contribution in [3.63, 3.8) is 0 Å². The molecule has 0 heterocycles. The van der Waals surface area contributed by atoms with Gasteiger partial charge in [0.15, 0.2) is 11.6 Å². The standard InChI is InChI=1S/C24H29N3O4/c1-27(2,14-6-12-25-16-21(28)29)15-7-13-26-20-11-5-10-19-22(20)24(31)18-9-4-3-8-17(18)23(19)30/h3-5,8-11,25H,6-7,12-16H2,1-2H3,(H-,26,28,29,31)/p+1. The summed E-state index contributed by atoms with van der Waals surface area (Å²) >= 11 is 0. The average Bonchev–Trinajstić information content (AvgIpc) is 2.74. The average molecular weight is 425 g/mol. The van der Waals surface area contributed by atoms with Crippen LogP contribution in [0.2, 0.25) is 0 Å². The van der Waals surface area contributed by atoms with Crippen LogP contribution in [0.3, 0.4) is 0 Å². The second-order valence-corrected chi connectivity index (χ2v) is 8.52. The van der Waals surface area contributed by atoms with Gasteiger partial charge in [-0.3, -0.25) is 14.4 Å². The number of carboxylic acids is 1. The molecule has 0 radical (unpaired) electrons. The van der Waals surface area contributed by atoms with E-state index in [0.717, 1.165) is 30.4 Å². The van der Waals surface area contributed by atoms with E-state index in [1.54, 1.807) is 30.3 Å². The molecule has 7 nitrogen and oxygen atoms in total. The lowest BCUT2D eigenvalue weighted by Gasteiger charge is -2.30. The molecule has 0 bridgehead atoms. The van der Waals surface area contributed by atoms with Crippen LogP contribution in [0.5, 0.6) is 0 Å². The summed E-state index contributed by atoms with van der Waals surface area (Å²) in [6.45, 7) is 3.25.